The molecule has 0 unspecified atom stereocenters. The molecule has 0 saturated heterocycles. The van der Waals surface area contributed by atoms with E-state index in [1.54, 1.807) is 12.3 Å². The van der Waals surface area contributed by atoms with Crippen molar-refractivity contribution >= 4 is 11.6 Å². The van der Waals surface area contributed by atoms with E-state index in [4.69, 9.17) is 5.73 Å². The van der Waals surface area contributed by atoms with E-state index in [2.05, 4.69) is 11.1 Å². The highest BCUT2D eigenvalue weighted by molar-refractivity contribution is 5.96. The number of rotatable bonds is 1. The Hall–Kier alpha value is -1.84. The lowest BCUT2D eigenvalue weighted by molar-refractivity contribution is 0.0770. The third-order valence-corrected chi connectivity index (χ3v) is 2.68. The highest BCUT2D eigenvalue weighted by Gasteiger charge is 2.18. The third-order valence-electron chi connectivity index (χ3n) is 2.68. The van der Waals surface area contributed by atoms with Crippen LogP contribution in [0.25, 0.3) is 0 Å². The van der Waals surface area contributed by atoms with Crippen molar-refractivity contribution < 1.29 is 4.79 Å². The van der Waals surface area contributed by atoms with E-state index in [0.717, 1.165) is 18.7 Å². The monoisotopic (exact) mass is 217 g/mol. The van der Waals surface area contributed by atoms with Crippen molar-refractivity contribution in [2.75, 3.05) is 18.8 Å². The minimum atomic E-state index is 0.0154. The summed E-state index contributed by atoms with van der Waals surface area (Å²) in [5.41, 5.74) is 7.51. The molecule has 16 heavy (non-hydrogen) atoms. The largest absolute Gasteiger partial charge is 0.397 e. The van der Waals surface area contributed by atoms with Gasteiger partial charge in [-0.3, -0.25) is 9.78 Å². The maximum Gasteiger partial charge on any atom is 0.256 e. The Morgan fingerprint density at radius 2 is 2.31 bits per heavy atom. The van der Waals surface area contributed by atoms with Crippen LogP contribution in [0.4, 0.5) is 5.69 Å². The van der Waals surface area contributed by atoms with E-state index in [0.29, 0.717) is 17.8 Å². The van der Waals surface area contributed by atoms with Crippen LogP contribution in [0, 0.1) is 6.92 Å². The molecule has 0 atom stereocenters. The fourth-order valence-corrected chi connectivity index (χ4v) is 1.76. The summed E-state index contributed by atoms with van der Waals surface area (Å²) >= 11 is 0. The van der Waals surface area contributed by atoms with Gasteiger partial charge in [-0.25, -0.2) is 0 Å². The molecule has 0 aromatic carbocycles. The summed E-state index contributed by atoms with van der Waals surface area (Å²) in [5.74, 6) is 0.0154. The summed E-state index contributed by atoms with van der Waals surface area (Å²) < 4.78 is 0. The number of anilines is 1. The van der Waals surface area contributed by atoms with E-state index < -0.39 is 0 Å². The van der Waals surface area contributed by atoms with Gasteiger partial charge in [-0.2, -0.15) is 0 Å². The number of carbonyl (C=O) groups excluding carboxylic acids is 1. The Balaban J connectivity index is 2.26. The van der Waals surface area contributed by atoms with E-state index >= 15 is 0 Å². The SMILES string of the molecule is Cc1ncc(N)cc1C(=O)N1CC=CCC1. The van der Waals surface area contributed by atoms with Crippen LogP contribution in [0.3, 0.4) is 0 Å². The van der Waals surface area contributed by atoms with E-state index in [9.17, 15) is 4.79 Å². The molecule has 4 heteroatoms. The molecule has 4 nitrogen and oxygen atoms in total. The molecule has 0 spiro atoms. The Labute approximate surface area is 94.8 Å². The van der Waals surface area contributed by atoms with Gasteiger partial charge >= 0.3 is 0 Å². The topological polar surface area (TPSA) is 59.2 Å². The molecule has 2 N–H and O–H groups in total. The molecular weight excluding hydrogens is 202 g/mol. The van der Waals surface area contributed by atoms with E-state index in [1.807, 2.05) is 17.9 Å². The molecule has 1 aliphatic heterocycles. The van der Waals surface area contributed by atoms with Crippen LogP contribution in [0.1, 0.15) is 22.5 Å². The van der Waals surface area contributed by atoms with Crippen LogP contribution in [0.15, 0.2) is 24.4 Å². The first-order valence-electron chi connectivity index (χ1n) is 5.35. The predicted octanol–water partition coefficient (Wildman–Crippen LogP) is 1.37. The van der Waals surface area contributed by atoms with Gasteiger partial charge in [0.1, 0.15) is 0 Å². The van der Waals surface area contributed by atoms with Crippen molar-refractivity contribution in [3.05, 3.63) is 35.7 Å². The molecule has 1 aromatic rings. The maximum atomic E-state index is 12.2. The Morgan fingerprint density at radius 3 is 3.00 bits per heavy atom. The molecule has 1 amide bonds. The molecule has 84 valence electrons. The highest BCUT2D eigenvalue weighted by atomic mass is 16.2. The zero-order valence-corrected chi connectivity index (χ0v) is 9.31. The first kappa shape index (κ1) is 10.7. The molecule has 0 radical (unpaired) electrons. The summed E-state index contributed by atoms with van der Waals surface area (Å²) in [6, 6.07) is 1.70. The zero-order chi connectivity index (χ0) is 11.5. The van der Waals surface area contributed by atoms with Crippen molar-refractivity contribution in [1.29, 1.82) is 0 Å². The summed E-state index contributed by atoms with van der Waals surface area (Å²) in [7, 11) is 0. The van der Waals surface area contributed by atoms with Crippen molar-refractivity contribution in [2.45, 2.75) is 13.3 Å². The average molecular weight is 217 g/mol. The van der Waals surface area contributed by atoms with E-state index in [-0.39, 0.29) is 5.91 Å². The first-order valence-corrected chi connectivity index (χ1v) is 5.35. The molecule has 2 heterocycles. The lowest BCUT2D eigenvalue weighted by Gasteiger charge is -2.23. The van der Waals surface area contributed by atoms with Crippen molar-refractivity contribution in [2.24, 2.45) is 0 Å². The van der Waals surface area contributed by atoms with Crippen molar-refractivity contribution in [3.8, 4) is 0 Å². The highest BCUT2D eigenvalue weighted by Crippen LogP contribution is 2.14. The summed E-state index contributed by atoms with van der Waals surface area (Å²) in [6.45, 7) is 3.27. The van der Waals surface area contributed by atoms with Crippen LogP contribution in [0.2, 0.25) is 0 Å². The second-order valence-electron chi connectivity index (χ2n) is 3.91. The third kappa shape index (κ3) is 2.05. The van der Waals surface area contributed by atoms with Crippen LogP contribution in [-0.2, 0) is 0 Å². The van der Waals surface area contributed by atoms with Gasteiger partial charge in [0.15, 0.2) is 0 Å². The van der Waals surface area contributed by atoms with Gasteiger partial charge in [0.2, 0.25) is 0 Å². The van der Waals surface area contributed by atoms with Gasteiger partial charge in [0.25, 0.3) is 5.91 Å². The first-order chi connectivity index (χ1) is 7.68. The Bertz CT molecular complexity index is 440. The zero-order valence-electron chi connectivity index (χ0n) is 9.31. The van der Waals surface area contributed by atoms with Crippen LogP contribution in [0.5, 0.6) is 0 Å². The fraction of sp³-hybridized carbons (Fsp3) is 0.333. The predicted molar refractivity (Wildman–Crippen MR) is 63.0 cm³/mol. The number of hydrogen-bond donors (Lipinski definition) is 1. The lowest BCUT2D eigenvalue weighted by atomic mass is 10.1. The minimum absolute atomic E-state index is 0.0154. The number of nitrogens with two attached hydrogens (primary N) is 1. The molecule has 1 aromatic heterocycles. The Morgan fingerprint density at radius 1 is 1.50 bits per heavy atom. The van der Waals surface area contributed by atoms with Gasteiger partial charge in [-0.15, -0.1) is 0 Å². The fourth-order valence-electron chi connectivity index (χ4n) is 1.76. The minimum Gasteiger partial charge on any atom is -0.397 e. The lowest BCUT2D eigenvalue weighted by Crippen LogP contribution is -2.34. The van der Waals surface area contributed by atoms with Crippen LogP contribution in [-0.4, -0.2) is 28.9 Å². The Kier molecular flexibility index (Phi) is 2.90. The number of carbonyl (C=O) groups is 1. The number of hydrogen-bond acceptors (Lipinski definition) is 3. The number of nitrogens with zero attached hydrogens (tertiary/aromatic N) is 2. The second kappa shape index (κ2) is 4.35. The maximum absolute atomic E-state index is 12.2. The number of aromatic nitrogens is 1. The van der Waals surface area contributed by atoms with Gasteiger partial charge in [-0.05, 0) is 19.4 Å². The van der Waals surface area contributed by atoms with Crippen molar-refractivity contribution in [1.82, 2.24) is 9.88 Å². The molecule has 0 saturated carbocycles. The van der Waals surface area contributed by atoms with Gasteiger partial charge in [-0.1, -0.05) is 12.2 Å². The second-order valence-corrected chi connectivity index (χ2v) is 3.91. The number of nitrogen functional groups attached to an aromatic ring is 1. The molecule has 0 fully saturated rings. The average Bonchev–Trinajstić information content (AvgIpc) is 2.32. The summed E-state index contributed by atoms with van der Waals surface area (Å²) in [4.78, 5) is 18.1. The van der Waals surface area contributed by atoms with Crippen LogP contribution < -0.4 is 5.73 Å². The summed E-state index contributed by atoms with van der Waals surface area (Å²) in [6.07, 6.45) is 6.59. The quantitative estimate of drug-likeness (QED) is 0.723. The molecule has 2 rings (SSSR count). The van der Waals surface area contributed by atoms with Gasteiger partial charge < -0.3 is 10.6 Å². The van der Waals surface area contributed by atoms with Crippen molar-refractivity contribution in [3.63, 3.8) is 0 Å². The van der Waals surface area contributed by atoms with Gasteiger partial charge in [0.05, 0.1) is 23.1 Å². The normalized spacial score (nSPS) is 15.2. The molecular formula is C12H15N3O. The summed E-state index contributed by atoms with van der Waals surface area (Å²) in [5, 5.41) is 0. The number of amides is 1. The van der Waals surface area contributed by atoms with E-state index in [1.165, 1.54) is 0 Å². The smallest absolute Gasteiger partial charge is 0.256 e. The number of aryl methyl sites for hydroxylation is 1. The molecule has 1 aliphatic rings. The number of pyridine rings is 1. The molecule has 0 aliphatic carbocycles. The van der Waals surface area contributed by atoms with Crippen LogP contribution >= 0.6 is 0 Å². The standard InChI is InChI=1S/C12H15N3O/c1-9-11(7-10(13)8-14-9)12(16)15-5-3-2-4-6-15/h2-3,7-8H,4-6,13H2,1H3. The van der Waals surface area contributed by atoms with Gasteiger partial charge in [0, 0.05) is 13.1 Å². The molecule has 0 bridgehead atoms.